The molecule has 1 aliphatic rings. The Morgan fingerprint density at radius 1 is 1.33 bits per heavy atom. The molecular weight excluding hydrogens is 317 g/mol. The summed E-state index contributed by atoms with van der Waals surface area (Å²) >= 11 is 12.1. The zero-order valence-electron chi connectivity index (χ0n) is 11.4. The Kier molecular flexibility index (Phi) is 4.39. The number of hydrogen-bond acceptors (Lipinski definition) is 3. The largest absolute Gasteiger partial charge is 0.327 e. The van der Waals surface area contributed by atoms with Crippen LogP contribution in [0, 0.1) is 6.92 Å². The molecule has 0 aliphatic carbocycles. The number of benzene rings is 1. The Morgan fingerprint density at radius 3 is 2.57 bits per heavy atom. The minimum Gasteiger partial charge on any atom is -0.322 e. The van der Waals surface area contributed by atoms with E-state index < -0.39 is 17.8 Å². The normalized spacial score (nSPS) is 14.9. The molecule has 6 nitrogen and oxygen atoms in total. The SMILES string of the molecule is Cc1ccc(Cl)c(NC(=O)CN2C(=O)CN(C)C2=O)c1Cl. The van der Waals surface area contributed by atoms with E-state index in [2.05, 4.69) is 5.32 Å². The van der Waals surface area contributed by atoms with Gasteiger partial charge in [0.1, 0.15) is 13.1 Å². The van der Waals surface area contributed by atoms with E-state index in [1.807, 2.05) is 0 Å². The number of anilines is 1. The molecule has 1 aromatic rings. The molecule has 0 bridgehead atoms. The number of aryl methyl sites for hydroxylation is 1. The van der Waals surface area contributed by atoms with Crippen LogP contribution in [0.15, 0.2) is 12.1 Å². The van der Waals surface area contributed by atoms with Gasteiger partial charge >= 0.3 is 6.03 Å². The summed E-state index contributed by atoms with van der Waals surface area (Å²) in [6, 6.07) is 2.83. The van der Waals surface area contributed by atoms with Crippen molar-refractivity contribution < 1.29 is 14.4 Å². The Morgan fingerprint density at radius 2 is 2.00 bits per heavy atom. The van der Waals surface area contributed by atoms with Crippen LogP contribution < -0.4 is 5.32 Å². The van der Waals surface area contributed by atoms with Crippen molar-refractivity contribution in [3.05, 3.63) is 27.7 Å². The molecule has 0 saturated carbocycles. The quantitative estimate of drug-likeness (QED) is 0.863. The fourth-order valence-corrected chi connectivity index (χ4v) is 2.38. The van der Waals surface area contributed by atoms with Crippen molar-refractivity contribution in [1.82, 2.24) is 9.80 Å². The number of halogens is 2. The second-order valence-corrected chi connectivity index (χ2v) is 5.51. The Labute approximate surface area is 131 Å². The van der Waals surface area contributed by atoms with E-state index in [0.29, 0.717) is 5.02 Å². The number of amides is 4. The lowest BCUT2D eigenvalue weighted by Crippen LogP contribution is -2.38. The van der Waals surface area contributed by atoms with Gasteiger partial charge in [-0.1, -0.05) is 29.3 Å². The van der Waals surface area contributed by atoms with Gasteiger partial charge in [0.2, 0.25) is 5.91 Å². The molecule has 0 atom stereocenters. The molecule has 1 saturated heterocycles. The number of carbonyl (C=O) groups is 3. The van der Waals surface area contributed by atoms with Gasteiger partial charge in [-0.3, -0.25) is 14.5 Å². The predicted octanol–water partition coefficient (Wildman–Crippen LogP) is 2.13. The number of nitrogens with zero attached hydrogens (tertiary/aromatic N) is 2. The summed E-state index contributed by atoms with van der Waals surface area (Å²) in [6.07, 6.45) is 0. The highest BCUT2D eigenvalue weighted by molar-refractivity contribution is 6.40. The van der Waals surface area contributed by atoms with Gasteiger partial charge in [0.25, 0.3) is 5.91 Å². The molecule has 0 radical (unpaired) electrons. The van der Waals surface area contributed by atoms with E-state index in [9.17, 15) is 14.4 Å². The van der Waals surface area contributed by atoms with Gasteiger partial charge in [-0.05, 0) is 18.6 Å². The average Bonchev–Trinajstić information content (AvgIpc) is 2.66. The highest BCUT2D eigenvalue weighted by Gasteiger charge is 2.34. The van der Waals surface area contributed by atoms with Gasteiger partial charge in [0, 0.05) is 7.05 Å². The van der Waals surface area contributed by atoms with Crippen molar-refractivity contribution in [2.45, 2.75) is 6.92 Å². The summed E-state index contributed by atoms with van der Waals surface area (Å²) in [4.78, 5) is 37.4. The summed E-state index contributed by atoms with van der Waals surface area (Å²) in [5, 5.41) is 3.15. The van der Waals surface area contributed by atoms with Crippen molar-refractivity contribution in [1.29, 1.82) is 0 Å². The second kappa shape index (κ2) is 5.91. The van der Waals surface area contributed by atoms with Crippen LogP contribution in [-0.2, 0) is 9.59 Å². The van der Waals surface area contributed by atoms with Crippen LogP contribution in [-0.4, -0.2) is 47.8 Å². The fraction of sp³-hybridized carbons (Fsp3) is 0.308. The first-order valence-electron chi connectivity index (χ1n) is 6.11. The zero-order chi connectivity index (χ0) is 15.7. The lowest BCUT2D eigenvalue weighted by molar-refractivity contribution is -0.129. The first-order valence-corrected chi connectivity index (χ1v) is 6.86. The lowest BCUT2D eigenvalue weighted by Gasteiger charge is -2.15. The molecule has 1 aliphatic heterocycles. The molecule has 1 fully saturated rings. The maximum Gasteiger partial charge on any atom is 0.327 e. The average molecular weight is 330 g/mol. The van der Waals surface area contributed by atoms with Crippen LogP contribution in [0.25, 0.3) is 0 Å². The molecule has 4 amide bonds. The molecule has 1 heterocycles. The van der Waals surface area contributed by atoms with E-state index in [0.717, 1.165) is 10.5 Å². The zero-order valence-corrected chi connectivity index (χ0v) is 13.0. The summed E-state index contributed by atoms with van der Waals surface area (Å²) in [7, 11) is 1.49. The smallest absolute Gasteiger partial charge is 0.322 e. The van der Waals surface area contributed by atoms with Gasteiger partial charge in [0.05, 0.1) is 15.7 Å². The molecular formula is C13H13Cl2N3O3. The predicted molar refractivity (Wildman–Crippen MR) is 79.6 cm³/mol. The van der Waals surface area contributed by atoms with E-state index in [1.54, 1.807) is 19.1 Å². The van der Waals surface area contributed by atoms with Crippen LogP contribution >= 0.6 is 23.2 Å². The van der Waals surface area contributed by atoms with Gasteiger partial charge in [-0.15, -0.1) is 0 Å². The first kappa shape index (κ1) is 15.6. The molecule has 112 valence electrons. The molecule has 0 unspecified atom stereocenters. The highest BCUT2D eigenvalue weighted by atomic mass is 35.5. The number of likely N-dealkylation sites (N-methyl/N-ethyl adjacent to an activating group) is 1. The fourth-order valence-electron chi connectivity index (χ4n) is 1.92. The molecule has 1 aromatic carbocycles. The molecule has 0 spiro atoms. The van der Waals surface area contributed by atoms with Crippen molar-refractivity contribution in [2.24, 2.45) is 0 Å². The van der Waals surface area contributed by atoms with E-state index in [4.69, 9.17) is 23.2 Å². The van der Waals surface area contributed by atoms with Crippen LogP contribution in [0.4, 0.5) is 10.5 Å². The van der Waals surface area contributed by atoms with E-state index in [1.165, 1.54) is 11.9 Å². The van der Waals surface area contributed by atoms with Gasteiger partial charge in [-0.25, -0.2) is 4.79 Å². The summed E-state index contributed by atoms with van der Waals surface area (Å²) in [5.74, 6) is -0.958. The van der Waals surface area contributed by atoms with Crippen molar-refractivity contribution >= 4 is 46.7 Å². The monoisotopic (exact) mass is 329 g/mol. The molecule has 2 rings (SSSR count). The summed E-state index contributed by atoms with van der Waals surface area (Å²) < 4.78 is 0. The minimum absolute atomic E-state index is 0.0297. The highest BCUT2D eigenvalue weighted by Crippen LogP contribution is 2.32. The van der Waals surface area contributed by atoms with Crippen LogP contribution in [0.3, 0.4) is 0 Å². The first-order chi connectivity index (χ1) is 9.81. The number of imide groups is 1. The van der Waals surface area contributed by atoms with Gasteiger partial charge in [0.15, 0.2) is 0 Å². The molecule has 8 heteroatoms. The maximum atomic E-state index is 12.0. The van der Waals surface area contributed by atoms with Crippen molar-refractivity contribution in [3.63, 3.8) is 0 Å². The van der Waals surface area contributed by atoms with Crippen molar-refractivity contribution in [2.75, 3.05) is 25.5 Å². The molecule has 21 heavy (non-hydrogen) atoms. The lowest BCUT2D eigenvalue weighted by atomic mass is 10.2. The topological polar surface area (TPSA) is 69.7 Å². The summed E-state index contributed by atoms with van der Waals surface area (Å²) in [5.41, 5.74) is 1.03. The third-order valence-corrected chi connectivity index (χ3v) is 3.88. The number of nitrogens with one attached hydrogen (secondary N) is 1. The van der Waals surface area contributed by atoms with Gasteiger partial charge in [-0.2, -0.15) is 0 Å². The minimum atomic E-state index is -0.540. The molecule has 1 N–H and O–H groups in total. The second-order valence-electron chi connectivity index (χ2n) is 4.72. The Hall–Kier alpha value is -1.79. The van der Waals surface area contributed by atoms with E-state index >= 15 is 0 Å². The Balaban J connectivity index is 2.11. The maximum absolute atomic E-state index is 12.0. The standard InChI is InChI=1S/C13H13Cl2N3O3/c1-7-3-4-8(14)12(11(7)15)16-9(19)5-18-10(20)6-17(2)13(18)21/h3-4H,5-6H2,1-2H3,(H,16,19). The number of hydrogen-bond donors (Lipinski definition) is 1. The van der Waals surface area contributed by atoms with Gasteiger partial charge < -0.3 is 10.2 Å². The van der Waals surface area contributed by atoms with E-state index in [-0.39, 0.29) is 23.8 Å². The van der Waals surface area contributed by atoms with Crippen LogP contribution in [0.1, 0.15) is 5.56 Å². The number of rotatable bonds is 3. The third kappa shape index (κ3) is 3.11. The summed E-state index contributed by atoms with van der Waals surface area (Å²) in [6.45, 7) is 1.37. The van der Waals surface area contributed by atoms with Crippen LogP contribution in [0.5, 0.6) is 0 Å². The van der Waals surface area contributed by atoms with Crippen LogP contribution in [0.2, 0.25) is 10.0 Å². The van der Waals surface area contributed by atoms with Crippen molar-refractivity contribution in [3.8, 4) is 0 Å². The molecule has 0 aromatic heterocycles. The third-order valence-electron chi connectivity index (χ3n) is 3.08. The number of carbonyl (C=O) groups excluding carboxylic acids is 3. The Bertz CT molecular complexity index is 633. The number of urea groups is 1.